The van der Waals surface area contributed by atoms with Crippen molar-refractivity contribution in [2.75, 3.05) is 6.54 Å². The summed E-state index contributed by atoms with van der Waals surface area (Å²) in [6.45, 7) is 2.67. The van der Waals surface area contributed by atoms with Crippen molar-refractivity contribution in [1.82, 2.24) is 15.0 Å². The molecule has 22 heavy (non-hydrogen) atoms. The van der Waals surface area contributed by atoms with Crippen LogP contribution >= 0.6 is 0 Å². The van der Waals surface area contributed by atoms with Crippen molar-refractivity contribution >= 4 is 5.91 Å². The number of nitrogens with zero attached hydrogens (tertiary/aromatic N) is 3. The SMILES string of the molecule is C[C@H](N)[C@@H]1CCCCN1C(=O)c1cc(-c2ccncc2)on1. The Morgan fingerprint density at radius 1 is 1.41 bits per heavy atom. The molecular formula is C16H20N4O2. The lowest BCUT2D eigenvalue weighted by Crippen LogP contribution is -2.51. The molecule has 1 aliphatic heterocycles. The molecule has 3 rings (SSSR count). The van der Waals surface area contributed by atoms with Gasteiger partial charge in [0.05, 0.1) is 0 Å². The third kappa shape index (κ3) is 2.87. The Labute approximate surface area is 129 Å². The van der Waals surface area contributed by atoms with E-state index in [0.29, 0.717) is 11.5 Å². The molecule has 1 amide bonds. The number of nitrogens with two attached hydrogens (primary N) is 1. The largest absolute Gasteiger partial charge is 0.355 e. The van der Waals surface area contributed by atoms with Crippen LogP contribution in [0.5, 0.6) is 0 Å². The summed E-state index contributed by atoms with van der Waals surface area (Å²) >= 11 is 0. The lowest BCUT2D eigenvalue weighted by Gasteiger charge is -2.37. The predicted octanol–water partition coefficient (Wildman–Crippen LogP) is 2.08. The van der Waals surface area contributed by atoms with Crippen molar-refractivity contribution in [2.24, 2.45) is 5.73 Å². The van der Waals surface area contributed by atoms with Crippen molar-refractivity contribution < 1.29 is 9.32 Å². The molecule has 0 bridgehead atoms. The molecule has 1 fully saturated rings. The molecule has 2 atom stereocenters. The highest BCUT2D eigenvalue weighted by Crippen LogP contribution is 2.24. The molecule has 2 N–H and O–H groups in total. The maximum absolute atomic E-state index is 12.7. The molecule has 2 aromatic rings. The summed E-state index contributed by atoms with van der Waals surface area (Å²) in [5.74, 6) is 0.464. The average molecular weight is 300 g/mol. The van der Waals surface area contributed by atoms with E-state index in [-0.39, 0.29) is 18.0 Å². The van der Waals surface area contributed by atoms with Gasteiger partial charge in [-0.1, -0.05) is 5.16 Å². The number of piperidine rings is 1. The van der Waals surface area contributed by atoms with Crippen LogP contribution in [0, 0.1) is 0 Å². The van der Waals surface area contributed by atoms with E-state index in [2.05, 4.69) is 10.1 Å². The van der Waals surface area contributed by atoms with E-state index in [1.165, 1.54) is 0 Å². The molecule has 0 spiro atoms. The smallest absolute Gasteiger partial charge is 0.276 e. The highest BCUT2D eigenvalue weighted by molar-refractivity contribution is 5.93. The van der Waals surface area contributed by atoms with E-state index in [1.54, 1.807) is 18.5 Å². The fourth-order valence-corrected chi connectivity index (χ4v) is 2.93. The van der Waals surface area contributed by atoms with Crippen LogP contribution in [0.4, 0.5) is 0 Å². The van der Waals surface area contributed by atoms with Crippen molar-refractivity contribution in [3.63, 3.8) is 0 Å². The van der Waals surface area contributed by atoms with Crippen LogP contribution in [-0.2, 0) is 0 Å². The summed E-state index contributed by atoms with van der Waals surface area (Å²) in [5, 5.41) is 3.93. The lowest BCUT2D eigenvalue weighted by atomic mass is 9.96. The van der Waals surface area contributed by atoms with E-state index >= 15 is 0 Å². The summed E-state index contributed by atoms with van der Waals surface area (Å²) < 4.78 is 5.30. The Balaban J connectivity index is 1.82. The second kappa shape index (κ2) is 6.27. The van der Waals surface area contributed by atoms with Gasteiger partial charge in [-0.05, 0) is 38.3 Å². The minimum Gasteiger partial charge on any atom is -0.355 e. The fourth-order valence-electron chi connectivity index (χ4n) is 2.93. The van der Waals surface area contributed by atoms with Crippen molar-refractivity contribution in [3.05, 3.63) is 36.3 Å². The van der Waals surface area contributed by atoms with Gasteiger partial charge in [-0.15, -0.1) is 0 Å². The van der Waals surface area contributed by atoms with Gasteiger partial charge in [-0.3, -0.25) is 9.78 Å². The highest BCUT2D eigenvalue weighted by atomic mass is 16.5. The normalized spacial score (nSPS) is 19.9. The zero-order chi connectivity index (χ0) is 15.5. The molecule has 6 nitrogen and oxygen atoms in total. The zero-order valence-corrected chi connectivity index (χ0v) is 12.6. The topological polar surface area (TPSA) is 85.2 Å². The Hall–Kier alpha value is -2.21. The minimum atomic E-state index is -0.106. The first-order valence-electron chi connectivity index (χ1n) is 7.60. The van der Waals surface area contributed by atoms with E-state index < -0.39 is 0 Å². The lowest BCUT2D eigenvalue weighted by molar-refractivity contribution is 0.0573. The Bertz CT molecular complexity index is 639. The first-order valence-corrected chi connectivity index (χ1v) is 7.60. The van der Waals surface area contributed by atoms with E-state index in [4.69, 9.17) is 10.3 Å². The summed E-state index contributed by atoms with van der Waals surface area (Å²) in [6.07, 6.45) is 6.41. The van der Waals surface area contributed by atoms with Gasteiger partial charge in [0.25, 0.3) is 5.91 Å². The second-order valence-corrected chi connectivity index (χ2v) is 5.73. The van der Waals surface area contributed by atoms with Crippen LogP contribution in [0.3, 0.4) is 0 Å². The number of carbonyl (C=O) groups excluding carboxylic acids is 1. The summed E-state index contributed by atoms with van der Waals surface area (Å²) in [6, 6.07) is 5.35. The molecule has 3 heterocycles. The van der Waals surface area contributed by atoms with Crippen molar-refractivity contribution in [3.8, 4) is 11.3 Å². The quantitative estimate of drug-likeness (QED) is 0.938. The molecule has 6 heteroatoms. The van der Waals surface area contributed by atoms with Gasteiger partial charge >= 0.3 is 0 Å². The monoisotopic (exact) mass is 300 g/mol. The Morgan fingerprint density at radius 3 is 2.91 bits per heavy atom. The number of carbonyl (C=O) groups is 1. The zero-order valence-electron chi connectivity index (χ0n) is 12.6. The first kappa shape index (κ1) is 14.7. The van der Waals surface area contributed by atoms with E-state index in [1.807, 2.05) is 24.0 Å². The molecule has 116 valence electrons. The summed E-state index contributed by atoms with van der Waals surface area (Å²) in [7, 11) is 0. The van der Waals surface area contributed by atoms with Crippen molar-refractivity contribution in [1.29, 1.82) is 0 Å². The van der Waals surface area contributed by atoms with Crippen LogP contribution in [-0.4, -0.2) is 39.6 Å². The molecular weight excluding hydrogens is 280 g/mol. The third-order valence-electron chi connectivity index (χ3n) is 4.11. The van der Waals surface area contributed by atoms with Gasteiger partial charge in [0.15, 0.2) is 11.5 Å². The number of likely N-dealkylation sites (tertiary alicyclic amines) is 1. The second-order valence-electron chi connectivity index (χ2n) is 5.73. The molecule has 2 aromatic heterocycles. The number of pyridine rings is 1. The van der Waals surface area contributed by atoms with E-state index in [9.17, 15) is 4.79 Å². The molecule has 0 radical (unpaired) electrons. The average Bonchev–Trinajstić information content (AvgIpc) is 3.05. The van der Waals surface area contributed by atoms with Gasteiger partial charge < -0.3 is 15.2 Å². The van der Waals surface area contributed by atoms with Gasteiger partial charge in [-0.25, -0.2) is 0 Å². The third-order valence-corrected chi connectivity index (χ3v) is 4.11. The Kier molecular flexibility index (Phi) is 4.20. The molecule has 0 unspecified atom stereocenters. The summed E-state index contributed by atoms with van der Waals surface area (Å²) in [4.78, 5) is 18.5. The maximum atomic E-state index is 12.7. The van der Waals surface area contributed by atoms with Gasteiger partial charge in [0, 0.05) is 42.7 Å². The number of amides is 1. The predicted molar refractivity (Wildman–Crippen MR) is 82.1 cm³/mol. The molecule has 0 saturated carbocycles. The van der Waals surface area contributed by atoms with Gasteiger partial charge in [0.1, 0.15) is 0 Å². The van der Waals surface area contributed by atoms with E-state index in [0.717, 1.165) is 31.4 Å². The van der Waals surface area contributed by atoms with Crippen LogP contribution in [0.2, 0.25) is 0 Å². The number of aromatic nitrogens is 2. The standard InChI is InChI=1S/C16H20N4O2/c1-11(17)14-4-2-3-9-20(14)16(21)13-10-15(22-19-13)12-5-7-18-8-6-12/h5-8,10-11,14H,2-4,9,17H2,1H3/t11-,14-/m0/s1. The summed E-state index contributed by atoms with van der Waals surface area (Å²) in [5.41, 5.74) is 7.21. The van der Waals surface area contributed by atoms with Crippen LogP contribution in [0.1, 0.15) is 36.7 Å². The number of hydrogen-bond donors (Lipinski definition) is 1. The number of hydrogen-bond acceptors (Lipinski definition) is 5. The van der Waals surface area contributed by atoms with Crippen LogP contribution in [0.15, 0.2) is 35.1 Å². The first-order chi connectivity index (χ1) is 10.7. The van der Waals surface area contributed by atoms with Gasteiger partial charge in [0.2, 0.25) is 0 Å². The van der Waals surface area contributed by atoms with Crippen LogP contribution < -0.4 is 5.73 Å². The number of rotatable bonds is 3. The van der Waals surface area contributed by atoms with Gasteiger partial charge in [-0.2, -0.15) is 0 Å². The molecule has 1 aliphatic rings. The van der Waals surface area contributed by atoms with Crippen molar-refractivity contribution in [2.45, 2.75) is 38.3 Å². The highest BCUT2D eigenvalue weighted by Gasteiger charge is 2.31. The fraction of sp³-hybridized carbons (Fsp3) is 0.438. The Morgan fingerprint density at radius 2 is 2.18 bits per heavy atom. The van der Waals surface area contributed by atoms with Crippen LogP contribution in [0.25, 0.3) is 11.3 Å². The maximum Gasteiger partial charge on any atom is 0.276 e. The molecule has 1 saturated heterocycles. The molecule has 0 aliphatic carbocycles. The molecule has 0 aromatic carbocycles. The minimum absolute atomic E-state index is 0.0455.